The number of Topliss-reactive ketones (excluding diaryl/α,β-unsaturated/α-hetero) is 1. The van der Waals surface area contributed by atoms with Gasteiger partial charge >= 0.3 is 5.97 Å². The standard InChI is InChI=1S/C21H25NO5S/c23-20(15-9-2-6-12-17-10-4-1-5-11-17)19(16-21(24)25)22-28(26,27)18-13-7-3-8-14-18/h1,3-5,7-8,10-11,13-14,19,22H,2,6,9,12,15-16H2,(H,24,25)/t19-/m0/s1. The normalized spacial score (nSPS) is 12.4. The number of rotatable bonds is 12. The third-order valence-corrected chi connectivity index (χ3v) is 5.84. The Hall–Kier alpha value is -2.51. The number of carboxylic acids is 1. The quantitative estimate of drug-likeness (QED) is 0.530. The van der Waals surface area contributed by atoms with Crippen LogP contribution in [0, 0.1) is 0 Å². The molecule has 0 heterocycles. The average molecular weight is 404 g/mol. The topological polar surface area (TPSA) is 101 Å². The Morgan fingerprint density at radius 1 is 0.893 bits per heavy atom. The summed E-state index contributed by atoms with van der Waals surface area (Å²) in [6.07, 6.45) is 2.80. The van der Waals surface area contributed by atoms with Crippen molar-refractivity contribution in [3.05, 3.63) is 66.2 Å². The van der Waals surface area contributed by atoms with Crippen LogP contribution in [0.5, 0.6) is 0 Å². The smallest absolute Gasteiger partial charge is 0.305 e. The van der Waals surface area contributed by atoms with Gasteiger partial charge in [-0.3, -0.25) is 9.59 Å². The van der Waals surface area contributed by atoms with Gasteiger partial charge in [0.05, 0.1) is 17.4 Å². The molecule has 2 aromatic rings. The van der Waals surface area contributed by atoms with Gasteiger partial charge in [-0.05, 0) is 37.0 Å². The molecule has 0 radical (unpaired) electrons. The molecular formula is C21H25NO5S. The second kappa shape index (κ2) is 10.7. The third-order valence-electron chi connectivity index (χ3n) is 4.35. The second-order valence-electron chi connectivity index (χ2n) is 6.60. The molecule has 0 aliphatic rings. The Morgan fingerprint density at radius 2 is 1.50 bits per heavy atom. The lowest BCUT2D eigenvalue weighted by Crippen LogP contribution is -2.42. The minimum absolute atomic E-state index is 0.000972. The Bertz CT molecular complexity index is 866. The van der Waals surface area contributed by atoms with E-state index in [9.17, 15) is 18.0 Å². The average Bonchev–Trinajstić information content (AvgIpc) is 2.68. The second-order valence-corrected chi connectivity index (χ2v) is 8.31. The summed E-state index contributed by atoms with van der Waals surface area (Å²) in [6, 6.07) is 16.3. The van der Waals surface area contributed by atoms with Gasteiger partial charge in [0, 0.05) is 6.42 Å². The maximum absolute atomic E-state index is 12.4. The third kappa shape index (κ3) is 7.25. The molecule has 0 spiro atoms. The van der Waals surface area contributed by atoms with Crippen molar-refractivity contribution in [2.24, 2.45) is 0 Å². The van der Waals surface area contributed by atoms with E-state index in [-0.39, 0.29) is 11.3 Å². The van der Waals surface area contributed by atoms with Gasteiger partial charge in [-0.2, -0.15) is 0 Å². The molecule has 0 saturated heterocycles. The molecule has 28 heavy (non-hydrogen) atoms. The lowest BCUT2D eigenvalue weighted by molar-refractivity contribution is -0.139. The first kappa shape index (κ1) is 21.8. The van der Waals surface area contributed by atoms with E-state index in [2.05, 4.69) is 4.72 Å². The first-order valence-corrected chi connectivity index (χ1v) is 10.7. The molecule has 0 saturated carbocycles. The zero-order valence-electron chi connectivity index (χ0n) is 15.6. The molecule has 6 nitrogen and oxygen atoms in total. The number of nitrogens with one attached hydrogen (secondary N) is 1. The van der Waals surface area contributed by atoms with E-state index in [0.717, 1.165) is 19.3 Å². The number of benzene rings is 2. The summed E-state index contributed by atoms with van der Waals surface area (Å²) in [6.45, 7) is 0. The molecule has 0 unspecified atom stereocenters. The molecule has 0 aliphatic heterocycles. The number of sulfonamides is 1. The van der Waals surface area contributed by atoms with Crippen molar-refractivity contribution >= 4 is 21.8 Å². The van der Waals surface area contributed by atoms with Crippen LogP contribution in [-0.4, -0.2) is 31.3 Å². The summed E-state index contributed by atoms with van der Waals surface area (Å²) in [5, 5.41) is 9.05. The van der Waals surface area contributed by atoms with Crippen LogP contribution in [0.15, 0.2) is 65.6 Å². The Labute approximate surface area is 165 Å². The highest BCUT2D eigenvalue weighted by Crippen LogP contribution is 2.13. The largest absolute Gasteiger partial charge is 0.481 e. The number of carbonyl (C=O) groups excluding carboxylic acids is 1. The molecule has 0 amide bonds. The van der Waals surface area contributed by atoms with Gasteiger partial charge in [0.25, 0.3) is 0 Å². The first-order chi connectivity index (χ1) is 13.4. The van der Waals surface area contributed by atoms with Crippen LogP contribution in [0.4, 0.5) is 0 Å². The van der Waals surface area contributed by atoms with Gasteiger partial charge in [-0.1, -0.05) is 55.0 Å². The van der Waals surface area contributed by atoms with Crippen LogP contribution in [0.3, 0.4) is 0 Å². The monoisotopic (exact) mass is 403 g/mol. The van der Waals surface area contributed by atoms with Crippen LogP contribution in [0.25, 0.3) is 0 Å². The SMILES string of the molecule is O=C(O)C[C@H](NS(=O)(=O)c1ccccc1)C(=O)CCCCCc1ccccc1. The van der Waals surface area contributed by atoms with Crippen molar-refractivity contribution < 1.29 is 23.1 Å². The Morgan fingerprint density at radius 3 is 2.11 bits per heavy atom. The van der Waals surface area contributed by atoms with E-state index in [1.807, 2.05) is 30.3 Å². The van der Waals surface area contributed by atoms with Gasteiger partial charge in [0.1, 0.15) is 0 Å². The summed E-state index contributed by atoms with van der Waals surface area (Å²) in [5.41, 5.74) is 1.23. The zero-order chi connectivity index (χ0) is 20.4. The summed E-state index contributed by atoms with van der Waals surface area (Å²) in [7, 11) is -3.96. The highest BCUT2D eigenvalue weighted by molar-refractivity contribution is 7.89. The predicted molar refractivity (Wildman–Crippen MR) is 106 cm³/mol. The molecule has 2 N–H and O–H groups in total. The van der Waals surface area contributed by atoms with E-state index >= 15 is 0 Å². The number of hydrogen-bond acceptors (Lipinski definition) is 4. The number of carbonyl (C=O) groups is 2. The fourth-order valence-electron chi connectivity index (χ4n) is 2.87. The molecule has 7 heteroatoms. The summed E-state index contributed by atoms with van der Waals surface area (Å²) in [4.78, 5) is 23.5. The van der Waals surface area contributed by atoms with Crippen LogP contribution in [-0.2, 0) is 26.0 Å². The first-order valence-electron chi connectivity index (χ1n) is 9.24. The number of aryl methyl sites for hydroxylation is 1. The van der Waals surface area contributed by atoms with Gasteiger partial charge in [-0.25, -0.2) is 13.1 Å². The van der Waals surface area contributed by atoms with Crippen molar-refractivity contribution in [2.75, 3.05) is 0 Å². The van der Waals surface area contributed by atoms with E-state index in [0.29, 0.717) is 6.42 Å². The number of carboxylic acid groups (broad SMARTS) is 1. The Balaban J connectivity index is 1.87. The van der Waals surface area contributed by atoms with E-state index in [1.54, 1.807) is 18.2 Å². The molecule has 0 bridgehead atoms. The van der Waals surface area contributed by atoms with E-state index in [4.69, 9.17) is 5.11 Å². The molecule has 1 atom stereocenters. The molecule has 2 rings (SSSR count). The van der Waals surface area contributed by atoms with Crippen molar-refractivity contribution in [3.63, 3.8) is 0 Å². The molecule has 0 aromatic heterocycles. The molecular weight excluding hydrogens is 378 g/mol. The molecule has 2 aromatic carbocycles. The van der Waals surface area contributed by atoms with Gasteiger partial charge in [0.15, 0.2) is 5.78 Å². The zero-order valence-corrected chi connectivity index (χ0v) is 16.4. The Kier molecular flexibility index (Phi) is 8.35. The fourth-order valence-corrected chi connectivity index (χ4v) is 4.12. The van der Waals surface area contributed by atoms with Crippen LogP contribution in [0.2, 0.25) is 0 Å². The highest BCUT2D eigenvalue weighted by Gasteiger charge is 2.27. The minimum Gasteiger partial charge on any atom is -0.481 e. The fraction of sp³-hybridized carbons (Fsp3) is 0.333. The van der Waals surface area contributed by atoms with Crippen LogP contribution in [0.1, 0.15) is 37.7 Å². The number of aliphatic carboxylic acids is 1. The molecule has 0 fully saturated rings. The van der Waals surface area contributed by atoms with Crippen molar-refractivity contribution in [3.8, 4) is 0 Å². The number of unbranched alkanes of at least 4 members (excludes halogenated alkanes) is 2. The maximum atomic E-state index is 12.4. The summed E-state index contributed by atoms with van der Waals surface area (Å²) >= 11 is 0. The lowest BCUT2D eigenvalue weighted by atomic mass is 10.0. The summed E-state index contributed by atoms with van der Waals surface area (Å²) in [5.74, 6) is -1.63. The van der Waals surface area contributed by atoms with E-state index < -0.39 is 34.2 Å². The molecule has 150 valence electrons. The van der Waals surface area contributed by atoms with Gasteiger partial charge in [0.2, 0.25) is 10.0 Å². The van der Waals surface area contributed by atoms with Crippen LogP contribution < -0.4 is 4.72 Å². The minimum atomic E-state index is -3.96. The van der Waals surface area contributed by atoms with Gasteiger partial charge < -0.3 is 5.11 Å². The predicted octanol–water partition coefficient (Wildman–Crippen LogP) is 3.18. The molecule has 0 aliphatic carbocycles. The number of hydrogen-bond donors (Lipinski definition) is 2. The lowest BCUT2D eigenvalue weighted by Gasteiger charge is -2.16. The van der Waals surface area contributed by atoms with E-state index in [1.165, 1.54) is 17.7 Å². The number of ketones is 1. The van der Waals surface area contributed by atoms with Crippen molar-refractivity contribution in [1.29, 1.82) is 0 Å². The maximum Gasteiger partial charge on any atom is 0.305 e. The van der Waals surface area contributed by atoms with Crippen molar-refractivity contribution in [1.82, 2.24) is 4.72 Å². The van der Waals surface area contributed by atoms with Gasteiger partial charge in [-0.15, -0.1) is 0 Å². The highest BCUT2D eigenvalue weighted by atomic mass is 32.2. The van der Waals surface area contributed by atoms with Crippen LogP contribution >= 0.6 is 0 Å². The summed E-state index contributed by atoms with van der Waals surface area (Å²) < 4.78 is 27.1. The van der Waals surface area contributed by atoms with Crippen molar-refractivity contribution in [2.45, 2.75) is 49.5 Å².